The van der Waals surface area contributed by atoms with E-state index in [9.17, 15) is 10.0 Å². The van der Waals surface area contributed by atoms with Crippen LogP contribution in [0.5, 0.6) is 11.5 Å². The standard InChI is InChI=1S/C17H19N2O4/c1-22-14-4-6-15(7-5-14)23-16-8-10-18(12-16)17(20)13-3-2-9-19(21)11-13/h2-7,9,11,16,21H,8,10,12H2,1H3/q+1/t16-/m1/s1. The van der Waals surface area contributed by atoms with E-state index >= 15 is 0 Å². The third kappa shape index (κ3) is 3.53. The number of pyridine rings is 1. The summed E-state index contributed by atoms with van der Waals surface area (Å²) in [5.41, 5.74) is 0.458. The number of benzene rings is 1. The summed E-state index contributed by atoms with van der Waals surface area (Å²) >= 11 is 0. The van der Waals surface area contributed by atoms with Gasteiger partial charge in [0.25, 0.3) is 5.91 Å². The molecule has 1 amide bonds. The Bertz CT molecular complexity index is 687. The van der Waals surface area contributed by atoms with Crippen LogP contribution < -0.4 is 14.2 Å². The molecular formula is C17H19N2O4+. The molecule has 3 rings (SSSR count). The minimum atomic E-state index is -0.103. The van der Waals surface area contributed by atoms with Gasteiger partial charge in [0.05, 0.1) is 13.7 Å². The summed E-state index contributed by atoms with van der Waals surface area (Å²) in [4.78, 5) is 14.1. The van der Waals surface area contributed by atoms with Gasteiger partial charge in [0.2, 0.25) is 12.4 Å². The molecule has 23 heavy (non-hydrogen) atoms. The van der Waals surface area contributed by atoms with Crippen LogP contribution in [-0.2, 0) is 0 Å². The van der Waals surface area contributed by atoms with Crippen molar-refractivity contribution in [2.45, 2.75) is 12.5 Å². The van der Waals surface area contributed by atoms with Gasteiger partial charge in [-0.25, -0.2) is 0 Å². The number of carbonyl (C=O) groups excluding carboxylic acids is 1. The number of hydrogen-bond donors (Lipinski definition) is 1. The van der Waals surface area contributed by atoms with Crippen molar-refractivity contribution in [3.8, 4) is 11.5 Å². The number of nitrogens with zero attached hydrogens (tertiary/aromatic N) is 2. The zero-order valence-corrected chi connectivity index (χ0v) is 12.9. The van der Waals surface area contributed by atoms with Gasteiger partial charge in [-0.1, -0.05) is 0 Å². The maximum absolute atomic E-state index is 12.4. The highest BCUT2D eigenvalue weighted by Crippen LogP contribution is 2.22. The first-order valence-electron chi connectivity index (χ1n) is 7.46. The SMILES string of the molecule is COc1ccc(O[C@@H]2CCN(C(=O)c3ccc[n+](O)c3)C2)cc1. The highest BCUT2D eigenvalue weighted by Gasteiger charge is 2.29. The van der Waals surface area contributed by atoms with E-state index in [1.165, 1.54) is 12.4 Å². The second-order valence-corrected chi connectivity index (χ2v) is 5.43. The fraction of sp³-hybridized carbons (Fsp3) is 0.294. The second-order valence-electron chi connectivity index (χ2n) is 5.43. The zero-order valence-electron chi connectivity index (χ0n) is 12.9. The van der Waals surface area contributed by atoms with Gasteiger partial charge < -0.3 is 14.4 Å². The van der Waals surface area contributed by atoms with Crippen LogP contribution in [0.15, 0.2) is 48.8 Å². The molecule has 6 nitrogen and oxygen atoms in total. The molecule has 0 bridgehead atoms. The molecular weight excluding hydrogens is 296 g/mol. The number of carbonyl (C=O) groups is 1. The Morgan fingerprint density at radius 3 is 2.70 bits per heavy atom. The molecule has 0 aliphatic carbocycles. The Morgan fingerprint density at radius 1 is 1.26 bits per heavy atom. The quantitative estimate of drug-likeness (QED) is 0.686. The molecule has 0 unspecified atom stereocenters. The Balaban J connectivity index is 1.60. The highest BCUT2D eigenvalue weighted by atomic mass is 16.5. The third-order valence-corrected chi connectivity index (χ3v) is 3.83. The Kier molecular flexibility index (Phi) is 4.32. The molecule has 2 heterocycles. The minimum Gasteiger partial charge on any atom is -0.497 e. The molecule has 0 saturated carbocycles. The predicted octanol–water partition coefficient (Wildman–Crippen LogP) is 1.51. The maximum Gasteiger partial charge on any atom is 0.260 e. The molecule has 1 N–H and O–H groups in total. The molecule has 0 radical (unpaired) electrons. The first-order chi connectivity index (χ1) is 11.2. The lowest BCUT2D eigenvalue weighted by Gasteiger charge is -2.16. The van der Waals surface area contributed by atoms with Gasteiger partial charge in [0, 0.05) is 23.8 Å². The van der Waals surface area contributed by atoms with E-state index < -0.39 is 0 Å². The summed E-state index contributed by atoms with van der Waals surface area (Å²) in [7, 11) is 1.62. The number of amides is 1. The molecule has 1 aliphatic rings. The van der Waals surface area contributed by atoms with Crippen molar-refractivity contribution >= 4 is 5.91 Å². The molecule has 0 spiro atoms. The van der Waals surface area contributed by atoms with Crippen molar-refractivity contribution in [2.75, 3.05) is 20.2 Å². The number of likely N-dealkylation sites (tertiary alicyclic amines) is 1. The normalized spacial score (nSPS) is 17.1. The summed E-state index contributed by atoms with van der Waals surface area (Å²) in [6.45, 7) is 1.17. The number of rotatable bonds is 4. The third-order valence-electron chi connectivity index (χ3n) is 3.83. The number of hydrogen-bond acceptors (Lipinski definition) is 4. The molecule has 120 valence electrons. The van der Waals surface area contributed by atoms with Crippen molar-refractivity contribution in [2.24, 2.45) is 0 Å². The first-order valence-corrected chi connectivity index (χ1v) is 7.46. The van der Waals surface area contributed by atoms with Crippen LogP contribution in [0, 0.1) is 0 Å². The molecule has 1 aromatic carbocycles. The van der Waals surface area contributed by atoms with E-state index in [-0.39, 0.29) is 12.0 Å². The van der Waals surface area contributed by atoms with Crippen LogP contribution in [0.2, 0.25) is 0 Å². The van der Waals surface area contributed by atoms with E-state index in [0.29, 0.717) is 18.7 Å². The minimum absolute atomic E-state index is 0.0303. The summed E-state index contributed by atoms with van der Waals surface area (Å²) in [5, 5.41) is 9.41. The fourth-order valence-corrected chi connectivity index (χ4v) is 2.63. The van der Waals surface area contributed by atoms with E-state index in [1.54, 1.807) is 24.1 Å². The second kappa shape index (κ2) is 6.56. The lowest BCUT2D eigenvalue weighted by molar-refractivity contribution is -0.904. The van der Waals surface area contributed by atoms with Crippen molar-refractivity contribution < 1.29 is 24.2 Å². The topological polar surface area (TPSA) is 62.9 Å². The smallest absolute Gasteiger partial charge is 0.260 e. The van der Waals surface area contributed by atoms with Gasteiger partial charge in [-0.3, -0.25) is 10.0 Å². The van der Waals surface area contributed by atoms with Gasteiger partial charge in [-0.05, 0) is 30.3 Å². The van der Waals surface area contributed by atoms with Crippen molar-refractivity contribution in [1.82, 2.24) is 4.90 Å². The van der Waals surface area contributed by atoms with Crippen molar-refractivity contribution in [3.05, 3.63) is 54.4 Å². The molecule has 1 aromatic heterocycles. The Morgan fingerprint density at radius 2 is 2.00 bits per heavy atom. The van der Waals surface area contributed by atoms with Gasteiger partial charge in [0.1, 0.15) is 23.2 Å². The van der Waals surface area contributed by atoms with Gasteiger partial charge >= 0.3 is 0 Å². The summed E-state index contributed by atoms with van der Waals surface area (Å²) in [6.07, 6.45) is 3.62. The Labute approximate surface area is 134 Å². The average Bonchev–Trinajstić information content (AvgIpc) is 3.03. The molecule has 1 fully saturated rings. The molecule has 6 heteroatoms. The van der Waals surface area contributed by atoms with E-state index in [4.69, 9.17) is 9.47 Å². The van der Waals surface area contributed by atoms with Crippen LogP contribution in [0.25, 0.3) is 0 Å². The van der Waals surface area contributed by atoms with Gasteiger partial charge in [-0.2, -0.15) is 0 Å². The van der Waals surface area contributed by atoms with E-state index in [1.807, 2.05) is 24.3 Å². The van der Waals surface area contributed by atoms with Crippen LogP contribution >= 0.6 is 0 Å². The Hall–Kier alpha value is -2.76. The molecule has 2 aromatic rings. The predicted molar refractivity (Wildman–Crippen MR) is 81.8 cm³/mol. The lowest BCUT2D eigenvalue weighted by atomic mass is 10.2. The monoisotopic (exact) mass is 315 g/mol. The van der Waals surface area contributed by atoms with E-state index in [0.717, 1.165) is 22.7 Å². The fourth-order valence-electron chi connectivity index (χ4n) is 2.63. The van der Waals surface area contributed by atoms with Crippen LogP contribution in [0.3, 0.4) is 0 Å². The maximum atomic E-state index is 12.4. The number of aromatic nitrogens is 1. The molecule has 1 aliphatic heterocycles. The highest BCUT2D eigenvalue weighted by molar-refractivity contribution is 5.93. The van der Waals surface area contributed by atoms with Crippen LogP contribution in [0.4, 0.5) is 0 Å². The van der Waals surface area contributed by atoms with Crippen LogP contribution in [0.1, 0.15) is 16.8 Å². The first kappa shape index (κ1) is 15.1. The largest absolute Gasteiger partial charge is 0.497 e. The summed E-state index contributed by atoms with van der Waals surface area (Å²) in [6, 6.07) is 10.7. The lowest BCUT2D eigenvalue weighted by Crippen LogP contribution is -2.34. The van der Waals surface area contributed by atoms with E-state index in [2.05, 4.69) is 0 Å². The molecule has 1 saturated heterocycles. The van der Waals surface area contributed by atoms with Crippen LogP contribution in [-0.4, -0.2) is 42.3 Å². The average molecular weight is 315 g/mol. The van der Waals surface area contributed by atoms with Gasteiger partial charge in [0.15, 0.2) is 0 Å². The zero-order chi connectivity index (χ0) is 16.2. The summed E-state index contributed by atoms with van der Waals surface area (Å²) in [5.74, 6) is 1.44. The van der Waals surface area contributed by atoms with Crippen molar-refractivity contribution in [1.29, 1.82) is 0 Å². The number of ether oxygens (including phenoxy) is 2. The molecule has 1 atom stereocenters. The van der Waals surface area contributed by atoms with Crippen molar-refractivity contribution in [3.63, 3.8) is 0 Å². The van der Waals surface area contributed by atoms with Gasteiger partial charge in [-0.15, -0.1) is 0 Å². The summed E-state index contributed by atoms with van der Waals surface area (Å²) < 4.78 is 11.9. The number of methoxy groups -OCH3 is 1.